The van der Waals surface area contributed by atoms with Crippen molar-refractivity contribution < 1.29 is 4.74 Å². The average molecular weight is 313 g/mol. The summed E-state index contributed by atoms with van der Waals surface area (Å²) in [6.07, 6.45) is 1.76. The first kappa shape index (κ1) is 15.7. The number of aromatic nitrogens is 3. The fraction of sp³-hybridized carbons (Fsp3) is 0.471. The zero-order valence-corrected chi connectivity index (χ0v) is 14.2. The van der Waals surface area contributed by atoms with Crippen LogP contribution >= 0.6 is 0 Å². The van der Waals surface area contributed by atoms with Crippen molar-refractivity contribution >= 4 is 11.5 Å². The molecule has 0 radical (unpaired) electrons. The van der Waals surface area contributed by atoms with Gasteiger partial charge >= 0.3 is 0 Å². The summed E-state index contributed by atoms with van der Waals surface area (Å²) < 4.78 is 5.97. The number of ether oxygens (including phenoxy) is 1. The summed E-state index contributed by atoms with van der Waals surface area (Å²) in [7, 11) is 4.08. The second-order valence-electron chi connectivity index (χ2n) is 6.05. The Balaban J connectivity index is 1.84. The monoisotopic (exact) mass is 313 g/mol. The van der Waals surface area contributed by atoms with Crippen LogP contribution in [0.15, 0.2) is 24.4 Å². The molecule has 6 heteroatoms. The Hall–Kier alpha value is -2.21. The quantitative estimate of drug-likeness (QED) is 0.865. The van der Waals surface area contributed by atoms with E-state index < -0.39 is 0 Å². The summed E-state index contributed by atoms with van der Waals surface area (Å²) in [6.45, 7) is 6.18. The van der Waals surface area contributed by atoms with Crippen LogP contribution in [0.4, 0.5) is 11.5 Å². The van der Waals surface area contributed by atoms with Crippen molar-refractivity contribution in [1.29, 1.82) is 0 Å². The summed E-state index contributed by atoms with van der Waals surface area (Å²) >= 11 is 0. The van der Waals surface area contributed by atoms with E-state index in [1.807, 2.05) is 34.0 Å². The number of morpholine rings is 1. The molecule has 1 aliphatic heterocycles. The van der Waals surface area contributed by atoms with Gasteiger partial charge in [-0.2, -0.15) is 0 Å². The third-order valence-corrected chi connectivity index (χ3v) is 3.96. The molecule has 0 bridgehead atoms. The molecule has 1 atom stereocenters. The normalized spacial score (nSPS) is 18.1. The third kappa shape index (κ3) is 3.59. The Morgan fingerprint density at radius 3 is 2.78 bits per heavy atom. The Kier molecular flexibility index (Phi) is 4.43. The van der Waals surface area contributed by atoms with Gasteiger partial charge in [0.2, 0.25) is 0 Å². The van der Waals surface area contributed by atoms with Gasteiger partial charge in [-0.25, -0.2) is 9.97 Å². The minimum Gasteiger partial charge on any atom is -0.378 e. The van der Waals surface area contributed by atoms with Crippen LogP contribution in [0, 0.1) is 13.8 Å². The summed E-state index contributed by atoms with van der Waals surface area (Å²) in [4.78, 5) is 17.7. The van der Waals surface area contributed by atoms with Gasteiger partial charge in [0.1, 0.15) is 17.7 Å². The lowest BCUT2D eigenvalue weighted by atomic mass is 10.1. The van der Waals surface area contributed by atoms with E-state index in [4.69, 9.17) is 4.74 Å². The fourth-order valence-electron chi connectivity index (χ4n) is 2.75. The van der Waals surface area contributed by atoms with Crippen LogP contribution in [-0.2, 0) is 4.74 Å². The Labute approximate surface area is 137 Å². The van der Waals surface area contributed by atoms with E-state index in [9.17, 15) is 0 Å². The molecule has 0 spiro atoms. The van der Waals surface area contributed by atoms with Gasteiger partial charge in [0.25, 0.3) is 0 Å². The predicted molar refractivity (Wildman–Crippen MR) is 91.0 cm³/mol. The largest absolute Gasteiger partial charge is 0.378 e. The van der Waals surface area contributed by atoms with Gasteiger partial charge < -0.3 is 14.5 Å². The van der Waals surface area contributed by atoms with Gasteiger partial charge in [0.15, 0.2) is 0 Å². The molecule has 1 aliphatic rings. The minimum absolute atomic E-state index is 0.0439. The summed E-state index contributed by atoms with van der Waals surface area (Å²) in [6, 6.07) is 6.13. The maximum Gasteiger partial charge on any atom is 0.132 e. The smallest absolute Gasteiger partial charge is 0.132 e. The number of hydrogen-bond acceptors (Lipinski definition) is 6. The molecule has 23 heavy (non-hydrogen) atoms. The molecule has 3 heterocycles. The van der Waals surface area contributed by atoms with Crippen LogP contribution in [0.2, 0.25) is 0 Å². The van der Waals surface area contributed by atoms with Gasteiger partial charge in [-0.15, -0.1) is 0 Å². The number of aryl methyl sites for hydroxylation is 2. The third-order valence-electron chi connectivity index (χ3n) is 3.96. The molecular weight excluding hydrogens is 290 g/mol. The number of anilines is 2. The zero-order valence-electron chi connectivity index (χ0n) is 14.2. The van der Waals surface area contributed by atoms with Gasteiger partial charge in [-0.3, -0.25) is 4.98 Å². The Morgan fingerprint density at radius 2 is 2.04 bits per heavy atom. The van der Waals surface area contributed by atoms with Gasteiger partial charge in [-0.05, 0) is 32.0 Å². The van der Waals surface area contributed by atoms with E-state index in [1.165, 1.54) is 0 Å². The standard InChI is InChI=1S/C17H23N5O/c1-12-9-14(21(3)4)10-15(19-12)16-11-22(7-8-23-16)17-5-6-18-13(2)20-17/h5-6,9-10,16H,7-8,11H2,1-4H3/t16-/m0/s1. The highest BCUT2D eigenvalue weighted by Crippen LogP contribution is 2.26. The average Bonchev–Trinajstić information content (AvgIpc) is 2.54. The molecule has 1 saturated heterocycles. The van der Waals surface area contributed by atoms with Crippen molar-refractivity contribution in [3.63, 3.8) is 0 Å². The van der Waals surface area contributed by atoms with E-state index in [1.54, 1.807) is 6.20 Å². The lowest BCUT2D eigenvalue weighted by Gasteiger charge is -2.33. The second kappa shape index (κ2) is 6.50. The van der Waals surface area contributed by atoms with Crippen molar-refractivity contribution in [2.24, 2.45) is 0 Å². The number of hydrogen-bond donors (Lipinski definition) is 0. The molecule has 0 N–H and O–H groups in total. The van der Waals surface area contributed by atoms with Crippen LogP contribution in [0.25, 0.3) is 0 Å². The fourth-order valence-corrected chi connectivity index (χ4v) is 2.75. The van der Waals surface area contributed by atoms with Crippen LogP contribution in [0.5, 0.6) is 0 Å². The highest BCUT2D eigenvalue weighted by Gasteiger charge is 2.24. The van der Waals surface area contributed by atoms with Crippen LogP contribution in [0.3, 0.4) is 0 Å². The summed E-state index contributed by atoms with van der Waals surface area (Å²) in [5, 5.41) is 0. The van der Waals surface area contributed by atoms with Crippen LogP contribution in [0.1, 0.15) is 23.3 Å². The molecule has 122 valence electrons. The highest BCUT2D eigenvalue weighted by molar-refractivity contribution is 5.48. The number of nitrogens with zero attached hydrogens (tertiary/aromatic N) is 5. The number of pyridine rings is 1. The maximum atomic E-state index is 5.97. The topological polar surface area (TPSA) is 54.4 Å². The minimum atomic E-state index is -0.0439. The van der Waals surface area contributed by atoms with E-state index in [0.29, 0.717) is 6.61 Å². The van der Waals surface area contributed by atoms with Crippen LogP contribution < -0.4 is 9.80 Å². The van der Waals surface area contributed by atoms with Gasteiger partial charge in [0.05, 0.1) is 18.8 Å². The molecule has 0 unspecified atom stereocenters. The van der Waals surface area contributed by atoms with Crippen molar-refractivity contribution in [3.8, 4) is 0 Å². The summed E-state index contributed by atoms with van der Waals surface area (Å²) in [5.41, 5.74) is 3.13. The summed E-state index contributed by atoms with van der Waals surface area (Å²) in [5.74, 6) is 1.74. The molecule has 2 aromatic heterocycles. The SMILES string of the molecule is Cc1cc(N(C)C)cc([C@@H]2CN(c3ccnc(C)n3)CCO2)n1. The second-order valence-corrected chi connectivity index (χ2v) is 6.05. The first-order valence-corrected chi connectivity index (χ1v) is 7.85. The molecule has 0 aliphatic carbocycles. The maximum absolute atomic E-state index is 5.97. The van der Waals surface area contributed by atoms with E-state index in [-0.39, 0.29) is 6.10 Å². The lowest BCUT2D eigenvalue weighted by Crippen LogP contribution is -2.39. The lowest BCUT2D eigenvalue weighted by molar-refractivity contribution is 0.0367. The molecular formula is C17H23N5O. The van der Waals surface area contributed by atoms with Gasteiger partial charge in [0, 0.05) is 38.2 Å². The van der Waals surface area contributed by atoms with E-state index in [2.05, 4.69) is 36.9 Å². The van der Waals surface area contributed by atoms with Crippen molar-refractivity contribution in [2.45, 2.75) is 20.0 Å². The number of rotatable bonds is 3. The van der Waals surface area contributed by atoms with E-state index in [0.717, 1.165) is 41.8 Å². The first-order chi connectivity index (χ1) is 11.0. The van der Waals surface area contributed by atoms with Crippen LogP contribution in [-0.4, -0.2) is 48.7 Å². The molecule has 0 saturated carbocycles. The highest BCUT2D eigenvalue weighted by atomic mass is 16.5. The van der Waals surface area contributed by atoms with Crippen molar-refractivity contribution in [3.05, 3.63) is 41.6 Å². The molecule has 0 aromatic carbocycles. The first-order valence-electron chi connectivity index (χ1n) is 7.85. The molecule has 0 amide bonds. The Morgan fingerprint density at radius 1 is 1.22 bits per heavy atom. The zero-order chi connectivity index (χ0) is 16.4. The Bertz CT molecular complexity index is 688. The molecule has 3 rings (SSSR count). The molecule has 1 fully saturated rings. The van der Waals surface area contributed by atoms with Crippen molar-refractivity contribution in [2.75, 3.05) is 43.6 Å². The van der Waals surface area contributed by atoms with Gasteiger partial charge in [-0.1, -0.05) is 0 Å². The van der Waals surface area contributed by atoms with Crippen molar-refractivity contribution in [1.82, 2.24) is 15.0 Å². The van der Waals surface area contributed by atoms with E-state index >= 15 is 0 Å². The molecule has 2 aromatic rings. The molecule has 6 nitrogen and oxygen atoms in total. The predicted octanol–water partition coefficient (Wildman–Crippen LogP) is 2.13.